The van der Waals surface area contributed by atoms with Crippen molar-refractivity contribution >= 4 is 11.9 Å². The van der Waals surface area contributed by atoms with Crippen molar-refractivity contribution in [1.82, 2.24) is 15.5 Å². The van der Waals surface area contributed by atoms with E-state index < -0.39 is 6.03 Å². The molecular weight excluding hydrogens is 258 g/mol. The average molecular weight is 281 g/mol. The van der Waals surface area contributed by atoms with Crippen molar-refractivity contribution in [3.8, 4) is 0 Å². The fourth-order valence-corrected chi connectivity index (χ4v) is 1.90. The van der Waals surface area contributed by atoms with E-state index in [0.717, 1.165) is 25.9 Å². The van der Waals surface area contributed by atoms with Gasteiger partial charge in [-0.2, -0.15) is 0 Å². The largest absolute Gasteiger partial charge is 0.467 e. The van der Waals surface area contributed by atoms with E-state index in [-0.39, 0.29) is 19.0 Å². The Labute approximate surface area is 119 Å². The highest BCUT2D eigenvalue weighted by Gasteiger charge is 2.12. The summed E-state index contributed by atoms with van der Waals surface area (Å²) in [5.41, 5.74) is 0. The van der Waals surface area contributed by atoms with E-state index in [0.29, 0.717) is 5.76 Å². The molecule has 0 unspecified atom stereocenters. The average Bonchev–Trinajstić information content (AvgIpc) is 2.90. The van der Waals surface area contributed by atoms with E-state index >= 15 is 0 Å². The first-order chi connectivity index (χ1) is 9.65. The van der Waals surface area contributed by atoms with Gasteiger partial charge in [0.2, 0.25) is 5.91 Å². The molecule has 0 aliphatic rings. The van der Waals surface area contributed by atoms with Crippen LogP contribution in [0.25, 0.3) is 0 Å². The molecule has 0 radical (unpaired) electrons. The van der Waals surface area contributed by atoms with Gasteiger partial charge in [-0.1, -0.05) is 13.8 Å². The number of amides is 3. The molecule has 6 nitrogen and oxygen atoms in total. The summed E-state index contributed by atoms with van der Waals surface area (Å²) in [6.07, 6.45) is 3.50. The SMILES string of the molecule is CCCN(CCC)CC(=O)NC(=O)NCc1ccco1. The van der Waals surface area contributed by atoms with Gasteiger partial charge < -0.3 is 9.73 Å². The second-order valence-electron chi connectivity index (χ2n) is 4.59. The zero-order valence-electron chi connectivity index (χ0n) is 12.1. The highest BCUT2D eigenvalue weighted by molar-refractivity contribution is 5.95. The fraction of sp³-hybridized carbons (Fsp3) is 0.571. The van der Waals surface area contributed by atoms with Crippen molar-refractivity contribution in [2.24, 2.45) is 0 Å². The highest BCUT2D eigenvalue weighted by atomic mass is 16.3. The number of urea groups is 1. The third-order valence-corrected chi connectivity index (χ3v) is 2.70. The van der Waals surface area contributed by atoms with Gasteiger partial charge in [0.25, 0.3) is 0 Å². The maximum Gasteiger partial charge on any atom is 0.321 e. The summed E-state index contributed by atoms with van der Waals surface area (Å²) < 4.78 is 5.08. The van der Waals surface area contributed by atoms with Crippen LogP contribution in [0, 0.1) is 0 Å². The minimum Gasteiger partial charge on any atom is -0.467 e. The van der Waals surface area contributed by atoms with E-state index in [1.165, 1.54) is 6.26 Å². The summed E-state index contributed by atoms with van der Waals surface area (Å²) in [7, 11) is 0. The lowest BCUT2D eigenvalue weighted by Crippen LogP contribution is -2.44. The number of nitrogens with zero attached hydrogens (tertiary/aromatic N) is 1. The molecule has 112 valence electrons. The number of hydrogen-bond donors (Lipinski definition) is 2. The summed E-state index contributed by atoms with van der Waals surface area (Å²) in [6, 6.07) is 3.00. The molecule has 20 heavy (non-hydrogen) atoms. The monoisotopic (exact) mass is 281 g/mol. The molecule has 1 aromatic rings. The molecule has 1 heterocycles. The van der Waals surface area contributed by atoms with Crippen LogP contribution in [0.1, 0.15) is 32.4 Å². The van der Waals surface area contributed by atoms with E-state index in [9.17, 15) is 9.59 Å². The van der Waals surface area contributed by atoms with Crippen LogP contribution in [0.3, 0.4) is 0 Å². The first-order valence-electron chi connectivity index (χ1n) is 6.98. The molecular formula is C14H23N3O3. The third-order valence-electron chi connectivity index (χ3n) is 2.70. The number of imide groups is 1. The maximum absolute atomic E-state index is 11.7. The molecule has 0 aromatic carbocycles. The van der Waals surface area contributed by atoms with Crippen LogP contribution in [0.5, 0.6) is 0 Å². The van der Waals surface area contributed by atoms with E-state index in [1.807, 2.05) is 4.90 Å². The van der Waals surface area contributed by atoms with Gasteiger partial charge in [0.05, 0.1) is 19.4 Å². The van der Waals surface area contributed by atoms with Crippen LogP contribution in [0.15, 0.2) is 22.8 Å². The van der Waals surface area contributed by atoms with E-state index in [4.69, 9.17) is 4.42 Å². The number of rotatable bonds is 8. The molecule has 0 saturated carbocycles. The first-order valence-corrected chi connectivity index (χ1v) is 6.98. The molecule has 0 atom stereocenters. The topological polar surface area (TPSA) is 74.6 Å². The Morgan fingerprint density at radius 1 is 1.25 bits per heavy atom. The number of furan rings is 1. The second-order valence-corrected chi connectivity index (χ2v) is 4.59. The van der Waals surface area contributed by atoms with Crippen LogP contribution >= 0.6 is 0 Å². The Hall–Kier alpha value is -1.82. The van der Waals surface area contributed by atoms with Crippen molar-refractivity contribution in [3.05, 3.63) is 24.2 Å². The summed E-state index contributed by atoms with van der Waals surface area (Å²) in [4.78, 5) is 25.3. The van der Waals surface area contributed by atoms with Gasteiger partial charge in [0.1, 0.15) is 5.76 Å². The smallest absolute Gasteiger partial charge is 0.321 e. The minimum absolute atomic E-state index is 0.246. The highest BCUT2D eigenvalue weighted by Crippen LogP contribution is 1.98. The lowest BCUT2D eigenvalue weighted by molar-refractivity contribution is -0.121. The summed E-state index contributed by atoms with van der Waals surface area (Å²) in [5.74, 6) is 0.357. The summed E-state index contributed by atoms with van der Waals surface area (Å²) in [6.45, 7) is 6.35. The molecule has 2 N–H and O–H groups in total. The predicted octanol–water partition coefficient (Wildman–Crippen LogP) is 1.73. The Kier molecular flexibility index (Phi) is 7.42. The minimum atomic E-state index is -0.501. The normalized spacial score (nSPS) is 10.6. The number of carbonyl (C=O) groups excluding carboxylic acids is 2. The molecule has 0 saturated heterocycles. The van der Waals surface area contributed by atoms with Crippen molar-refractivity contribution in [1.29, 1.82) is 0 Å². The molecule has 0 bridgehead atoms. The van der Waals surface area contributed by atoms with Crippen molar-refractivity contribution in [2.45, 2.75) is 33.2 Å². The lowest BCUT2D eigenvalue weighted by Gasteiger charge is -2.19. The van der Waals surface area contributed by atoms with Gasteiger partial charge in [-0.05, 0) is 38.1 Å². The Morgan fingerprint density at radius 3 is 2.50 bits per heavy atom. The Balaban J connectivity index is 2.27. The molecule has 0 fully saturated rings. The molecule has 1 aromatic heterocycles. The third kappa shape index (κ3) is 6.38. The van der Waals surface area contributed by atoms with Gasteiger partial charge in [0.15, 0.2) is 0 Å². The zero-order valence-corrected chi connectivity index (χ0v) is 12.1. The first kappa shape index (κ1) is 16.2. The predicted molar refractivity (Wildman–Crippen MR) is 76.1 cm³/mol. The molecule has 0 aliphatic heterocycles. The van der Waals surface area contributed by atoms with Crippen molar-refractivity contribution in [2.75, 3.05) is 19.6 Å². The number of hydrogen-bond acceptors (Lipinski definition) is 4. The van der Waals surface area contributed by atoms with Crippen molar-refractivity contribution < 1.29 is 14.0 Å². The van der Waals surface area contributed by atoms with Crippen LogP contribution in [-0.4, -0.2) is 36.5 Å². The van der Waals surface area contributed by atoms with E-state index in [1.54, 1.807) is 12.1 Å². The zero-order chi connectivity index (χ0) is 14.8. The Bertz CT molecular complexity index is 398. The van der Waals surface area contributed by atoms with Gasteiger partial charge >= 0.3 is 6.03 Å². The van der Waals surface area contributed by atoms with Gasteiger partial charge in [-0.15, -0.1) is 0 Å². The standard InChI is InChI=1S/C14H23N3O3/c1-3-7-17(8-4-2)11-13(18)16-14(19)15-10-12-6-5-9-20-12/h5-6,9H,3-4,7-8,10-11H2,1-2H3,(H2,15,16,18,19). The van der Waals surface area contributed by atoms with Crippen LogP contribution in [0.2, 0.25) is 0 Å². The molecule has 1 rings (SSSR count). The van der Waals surface area contributed by atoms with Crippen LogP contribution < -0.4 is 10.6 Å². The quantitative estimate of drug-likeness (QED) is 0.761. The molecule has 0 aliphatic carbocycles. The van der Waals surface area contributed by atoms with Gasteiger partial charge in [-0.25, -0.2) is 4.79 Å². The second kappa shape index (κ2) is 9.14. The van der Waals surface area contributed by atoms with E-state index in [2.05, 4.69) is 24.5 Å². The number of nitrogens with one attached hydrogen (secondary N) is 2. The molecule has 0 spiro atoms. The summed E-state index contributed by atoms with van der Waals surface area (Å²) in [5, 5.41) is 4.89. The fourth-order valence-electron chi connectivity index (χ4n) is 1.90. The maximum atomic E-state index is 11.7. The summed E-state index contributed by atoms with van der Waals surface area (Å²) >= 11 is 0. The molecule has 6 heteroatoms. The van der Waals surface area contributed by atoms with Crippen LogP contribution in [-0.2, 0) is 11.3 Å². The number of carbonyl (C=O) groups is 2. The van der Waals surface area contributed by atoms with Gasteiger partial charge in [-0.3, -0.25) is 15.0 Å². The Morgan fingerprint density at radius 2 is 1.95 bits per heavy atom. The molecule has 3 amide bonds. The lowest BCUT2D eigenvalue weighted by atomic mass is 10.3. The van der Waals surface area contributed by atoms with Crippen LogP contribution in [0.4, 0.5) is 4.79 Å². The van der Waals surface area contributed by atoms with Crippen molar-refractivity contribution in [3.63, 3.8) is 0 Å². The van der Waals surface area contributed by atoms with Gasteiger partial charge in [0, 0.05) is 0 Å².